The Bertz CT molecular complexity index is 1120. The molecule has 4 rings (SSSR count). The molecule has 134 valence electrons. The molecule has 2 heterocycles. The number of benzene rings is 2. The lowest BCUT2D eigenvalue weighted by Gasteiger charge is -2.14. The van der Waals surface area contributed by atoms with E-state index in [0.29, 0.717) is 5.69 Å². The summed E-state index contributed by atoms with van der Waals surface area (Å²) in [6, 6.07) is 15.0. The van der Waals surface area contributed by atoms with Gasteiger partial charge in [-0.05, 0) is 53.9 Å². The smallest absolute Gasteiger partial charge is 0.323 e. The van der Waals surface area contributed by atoms with Crippen molar-refractivity contribution in [3.05, 3.63) is 67.1 Å². The summed E-state index contributed by atoms with van der Waals surface area (Å²) >= 11 is 0. The van der Waals surface area contributed by atoms with Gasteiger partial charge < -0.3 is 15.5 Å². The fraction of sp³-hybridized carbons (Fsp3) is 0.0952. The zero-order valence-corrected chi connectivity index (χ0v) is 15.1. The molecule has 6 heteroatoms. The predicted molar refractivity (Wildman–Crippen MR) is 110 cm³/mol. The molecule has 0 aliphatic carbocycles. The van der Waals surface area contributed by atoms with E-state index in [9.17, 15) is 4.79 Å². The Balaban J connectivity index is 1.63. The average molecular weight is 357 g/mol. The highest BCUT2D eigenvalue weighted by Crippen LogP contribution is 2.30. The molecule has 0 fully saturated rings. The molecular weight excluding hydrogens is 338 g/mol. The predicted octanol–water partition coefficient (Wildman–Crippen LogP) is 4.49. The fourth-order valence-electron chi connectivity index (χ4n) is 3.03. The number of carbonyl (C=O) groups excluding carboxylic acids is 1. The molecule has 4 aromatic rings. The minimum Gasteiger partial charge on any atom is -0.378 e. The molecule has 0 saturated carbocycles. The van der Waals surface area contributed by atoms with Gasteiger partial charge in [0.2, 0.25) is 0 Å². The summed E-state index contributed by atoms with van der Waals surface area (Å²) in [7, 11) is 3.95. The minimum atomic E-state index is -0.300. The molecule has 2 amide bonds. The molecule has 2 N–H and O–H groups in total. The normalized spacial score (nSPS) is 10.7. The van der Waals surface area contributed by atoms with E-state index in [0.717, 1.165) is 33.1 Å². The first-order valence-corrected chi connectivity index (χ1v) is 8.59. The lowest BCUT2D eigenvalue weighted by Crippen LogP contribution is -2.19. The first-order chi connectivity index (χ1) is 13.1. The van der Waals surface area contributed by atoms with Crippen molar-refractivity contribution in [1.29, 1.82) is 0 Å². The zero-order valence-electron chi connectivity index (χ0n) is 15.1. The number of fused-ring (bicyclic) bond motifs is 3. The van der Waals surface area contributed by atoms with Crippen LogP contribution in [0, 0.1) is 0 Å². The molecule has 0 unspecified atom stereocenters. The molecule has 27 heavy (non-hydrogen) atoms. The Hall–Kier alpha value is -3.67. The van der Waals surface area contributed by atoms with Crippen molar-refractivity contribution in [2.75, 3.05) is 29.6 Å². The van der Waals surface area contributed by atoms with Crippen LogP contribution in [-0.2, 0) is 0 Å². The van der Waals surface area contributed by atoms with E-state index in [1.165, 1.54) is 0 Å². The SMILES string of the molecule is CN(C)c1ccc(NC(=O)Nc2cc3ccncc3c3ncccc23)cc1. The highest BCUT2D eigenvalue weighted by molar-refractivity contribution is 6.14. The number of rotatable bonds is 3. The second kappa shape index (κ2) is 6.92. The van der Waals surface area contributed by atoms with Gasteiger partial charge in [0, 0.05) is 54.8 Å². The first kappa shape index (κ1) is 16.8. The Kier molecular flexibility index (Phi) is 4.30. The number of aromatic nitrogens is 2. The van der Waals surface area contributed by atoms with Gasteiger partial charge in [0.25, 0.3) is 0 Å². The summed E-state index contributed by atoms with van der Waals surface area (Å²) in [4.78, 5) is 23.2. The van der Waals surface area contributed by atoms with Crippen molar-refractivity contribution in [3.8, 4) is 0 Å². The molecule has 0 bridgehead atoms. The number of nitrogens with one attached hydrogen (secondary N) is 2. The standard InChI is InChI=1S/C21H19N5O/c1-26(2)16-7-5-15(6-8-16)24-21(27)25-19-12-14-9-11-22-13-18(14)20-17(19)4-3-10-23-20/h3-13H,1-2H3,(H2,24,25,27). The maximum atomic E-state index is 12.5. The van der Waals surface area contributed by atoms with Gasteiger partial charge in [-0.1, -0.05) is 0 Å². The zero-order chi connectivity index (χ0) is 18.8. The molecule has 0 aliphatic heterocycles. The van der Waals surface area contributed by atoms with Crippen molar-refractivity contribution in [2.24, 2.45) is 0 Å². The topological polar surface area (TPSA) is 70.2 Å². The monoisotopic (exact) mass is 357 g/mol. The Labute approximate surface area is 156 Å². The van der Waals surface area contributed by atoms with Crippen molar-refractivity contribution < 1.29 is 4.79 Å². The van der Waals surface area contributed by atoms with Crippen molar-refractivity contribution in [1.82, 2.24) is 9.97 Å². The molecule has 0 aliphatic rings. The van der Waals surface area contributed by atoms with Gasteiger partial charge >= 0.3 is 6.03 Å². The molecule has 6 nitrogen and oxygen atoms in total. The van der Waals surface area contributed by atoms with E-state index < -0.39 is 0 Å². The number of anilines is 3. The van der Waals surface area contributed by atoms with Crippen molar-refractivity contribution in [3.63, 3.8) is 0 Å². The number of pyridine rings is 2. The molecule has 2 aromatic heterocycles. The van der Waals surface area contributed by atoms with Crippen molar-refractivity contribution in [2.45, 2.75) is 0 Å². The van der Waals surface area contributed by atoms with E-state index in [2.05, 4.69) is 20.6 Å². The molecule has 0 saturated heterocycles. The molecule has 0 atom stereocenters. The largest absolute Gasteiger partial charge is 0.378 e. The third-order valence-electron chi connectivity index (χ3n) is 4.40. The van der Waals surface area contributed by atoms with Crippen LogP contribution in [0.4, 0.5) is 21.9 Å². The summed E-state index contributed by atoms with van der Waals surface area (Å²) in [5.74, 6) is 0. The number of hydrogen-bond acceptors (Lipinski definition) is 4. The van der Waals surface area contributed by atoms with Crippen LogP contribution >= 0.6 is 0 Å². The maximum Gasteiger partial charge on any atom is 0.323 e. The summed E-state index contributed by atoms with van der Waals surface area (Å²) in [5.41, 5.74) is 3.32. The highest BCUT2D eigenvalue weighted by atomic mass is 16.2. The van der Waals surface area contributed by atoms with Crippen LogP contribution in [0.3, 0.4) is 0 Å². The summed E-state index contributed by atoms with van der Waals surface area (Å²) in [6.45, 7) is 0. The molecular formula is C21H19N5O. The Morgan fingerprint density at radius 1 is 0.963 bits per heavy atom. The quantitative estimate of drug-likeness (QED) is 0.530. The van der Waals surface area contributed by atoms with E-state index in [-0.39, 0.29) is 6.03 Å². The third-order valence-corrected chi connectivity index (χ3v) is 4.40. The van der Waals surface area contributed by atoms with Crippen LogP contribution in [0.5, 0.6) is 0 Å². The van der Waals surface area contributed by atoms with Crippen LogP contribution in [0.1, 0.15) is 0 Å². The number of amides is 2. The summed E-state index contributed by atoms with van der Waals surface area (Å²) < 4.78 is 0. The van der Waals surface area contributed by atoms with Gasteiger partial charge in [-0.2, -0.15) is 0 Å². The van der Waals surface area contributed by atoms with Crippen molar-refractivity contribution >= 4 is 44.8 Å². The van der Waals surface area contributed by atoms with Crippen LogP contribution in [0.2, 0.25) is 0 Å². The molecule has 2 aromatic carbocycles. The van der Waals surface area contributed by atoms with Crippen LogP contribution in [0.15, 0.2) is 67.1 Å². The molecule has 0 spiro atoms. The Morgan fingerprint density at radius 3 is 2.56 bits per heavy atom. The van der Waals surface area contributed by atoms with E-state index >= 15 is 0 Å². The fourth-order valence-corrected chi connectivity index (χ4v) is 3.03. The number of urea groups is 1. The summed E-state index contributed by atoms with van der Waals surface area (Å²) in [6.07, 6.45) is 5.26. The lowest BCUT2D eigenvalue weighted by atomic mass is 10.1. The van der Waals surface area contributed by atoms with Gasteiger partial charge in [-0.15, -0.1) is 0 Å². The summed E-state index contributed by atoms with van der Waals surface area (Å²) in [5, 5.41) is 8.61. The number of nitrogens with zero attached hydrogens (tertiary/aromatic N) is 3. The van der Waals surface area contributed by atoms with Gasteiger partial charge in [0.05, 0.1) is 11.2 Å². The van der Waals surface area contributed by atoms with E-state index in [4.69, 9.17) is 0 Å². The van der Waals surface area contributed by atoms with Crippen LogP contribution in [-0.4, -0.2) is 30.1 Å². The van der Waals surface area contributed by atoms with E-state index in [1.54, 1.807) is 18.6 Å². The first-order valence-electron chi connectivity index (χ1n) is 8.59. The van der Waals surface area contributed by atoms with Crippen LogP contribution < -0.4 is 15.5 Å². The van der Waals surface area contributed by atoms with Gasteiger partial charge in [0.1, 0.15) is 0 Å². The number of hydrogen-bond donors (Lipinski definition) is 2. The van der Waals surface area contributed by atoms with Crippen LogP contribution in [0.25, 0.3) is 21.7 Å². The second-order valence-electron chi connectivity index (χ2n) is 6.44. The Morgan fingerprint density at radius 2 is 1.78 bits per heavy atom. The second-order valence-corrected chi connectivity index (χ2v) is 6.44. The molecule has 0 radical (unpaired) electrons. The van der Waals surface area contributed by atoms with Gasteiger partial charge in [0.15, 0.2) is 0 Å². The van der Waals surface area contributed by atoms with E-state index in [1.807, 2.05) is 67.5 Å². The highest BCUT2D eigenvalue weighted by Gasteiger charge is 2.10. The number of carbonyl (C=O) groups is 1. The average Bonchev–Trinajstić information content (AvgIpc) is 2.68. The maximum absolute atomic E-state index is 12.5. The van der Waals surface area contributed by atoms with Gasteiger partial charge in [-0.3, -0.25) is 9.97 Å². The van der Waals surface area contributed by atoms with Gasteiger partial charge in [-0.25, -0.2) is 4.79 Å². The lowest BCUT2D eigenvalue weighted by molar-refractivity contribution is 0.262. The minimum absolute atomic E-state index is 0.300. The third kappa shape index (κ3) is 3.37.